The lowest BCUT2D eigenvalue weighted by Gasteiger charge is -2.30. The minimum absolute atomic E-state index is 0.269. The zero-order valence-corrected chi connectivity index (χ0v) is 21.2. The Morgan fingerprint density at radius 1 is 1.05 bits per heavy atom. The van der Waals surface area contributed by atoms with Crippen LogP contribution in [0.5, 0.6) is 0 Å². The first kappa shape index (κ1) is 24.2. The molecule has 3 aromatic carbocycles. The number of hydrogen-bond donors (Lipinski definition) is 0. The fourth-order valence-electron chi connectivity index (χ4n) is 4.42. The van der Waals surface area contributed by atoms with Gasteiger partial charge < -0.3 is 23.2 Å². The minimum Gasteiger partial charge on any atom is -0.436 e. The number of nitrogens with zero attached hydrogens (tertiary/aromatic N) is 3. The van der Waals surface area contributed by atoms with Crippen molar-refractivity contribution in [3.8, 4) is 11.5 Å². The molecule has 1 saturated heterocycles. The van der Waals surface area contributed by atoms with E-state index in [0.717, 1.165) is 22.2 Å². The van der Waals surface area contributed by atoms with E-state index < -0.39 is 5.79 Å². The van der Waals surface area contributed by atoms with Crippen LogP contribution in [0.3, 0.4) is 0 Å². The quantitative estimate of drug-likeness (QED) is 0.226. The fourth-order valence-corrected chi connectivity index (χ4v) is 4.98. The molecule has 2 aromatic heterocycles. The van der Waals surface area contributed by atoms with Crippen LogP contribution in [0, 0.1) is 0 Å². The molecule has 6 rings (SSSR count). The molecule has 1 aliphatic heterocycles. The van der Waals surface area contributed by atoms with Gasteiger partial charge in [0.25, 0.3) is 0 Å². The van der Waals surface area contributed by atoms with Gasteiger partial charge in [0.2, 0.25) is 11.7 Å². The van der Waals surface area contributed by atoms with Crippen molar-refractivity contribution in [3.63, 3.8) is 0 Å². The van der Waals surface area contributed by atoms with E-state index >= 15 is 0 Å². The molecule has 9 heteroatoms. The lowest BCUT2D eigenvalue weighted by atomic mass is 10.1. The van der Waals surface area contributed by atoms with Gasteiger partial charge in [0.15, 0.2) is 5.58 Å². The number of hydrogen-bond acceptors (Lipinski definition) is 6. The fraction of sp³-hybridized carbons (Fsp3) is 0.214. The van der Waals surface area contributed by atoms with Gasteiger partial charge in [0.05, 0.1) is 37.7 Å². The Bertz CT molecular complexity index is 1470. The highest BCUT2D eigenvalue weighted by Gasteiger charge is 2.45. The van der Waals surface area contributed by atoms with Crippen LogP contribution in [-0.2, 0) is 33.1 Å². The number of rotatable bonds is 8. The Balaban J connectivity index is 1.10. The van der Waals surface area contributed by atoms with Gasteiger partial charge in [-0.05, 0) is 42.0 Å². The molecular formula is C28H23Cl2N3O4. The molecule has 0 amide bonds. The number of imidazole rings is 1. The summed E-state index contributed by atoms with van der Waals surface area (Å²) in [6.45, 7) is 1.56. The zero-order valence-electron chi connectivity index (χ0n) is 19.7. The Morgan fingerprint density at radius 2 is 1.92 bits per heavy atom. The topological polar surface area (TPSA) is 71.5 Å². The van der Waals surface area contributed by atoms with Crippen LogP contribution in [0.25, 0.3) is 22.6 Å². The van der Waals surface area contributed by atoms with E-state index in [1.54, 1.807) is 24.7 Å². The highest BCUT2D eigenvalue weighted by molar-refractivity contribution is 6.35. The van der Waals surface area contributed by atoms with Crippen LogP contribution in [0.15, 0.2) is 89.9 Å². The van der Waals surface area contributed by atoms with E-state index in [4.69, 9.17) is 41.8 Å². The van der Waals surface area contributed by atoms with Gasteiger partial charge in [0, 0.05) is 28.5 Å². The summed E-state index contributed by atoms with van der Waals surface area (Å²) in [6, 6.07) is 21.0. The van der Waals surface area contributed by atoms with Crippen LogP contribution in [0.4, 0.5) is 0 Å². The number of benzene rings is 3. The van der Waals surface area contributed by atoms with E-state index in [-0.39, 0.29) is 6.10 Å². The van der Waals surface area contributed by atoms with E-state index in [2.05, 4.69) is 9.97 Å². The van der Waals surface area contributed by atoms with Crippen molar-refractivity contribution in [2.45, 2.75) is 25.0 Å². The molecule has 0 radical (unpaired) electrons. The average Bonchev–Trinajstić information content (AvgIpc) is 3.65. The third-order valence-corrected chi connectivity index (χ3v) is 6.77. The Morgan fingerprint density at radius 3 is 2.70 bits per heavy atom. The summed E-state index contributed by atoms with van der Waals surface area (Å²) in [5.41, 5.74) is 4.27. The van der Waals surface area contributed by atoms with Crippen LogP contribution in [0.1, 0.15) is 11.1 Å². The van der Waals surface area contributed by atoms with Gasteiger partial charge in [-0.15, -0.1) is 0 Å². The zero-order chi connectivity index (χ0) is 25.2. The molecular weight excluding hydrogens is 513 g/mol. The maximum Gasteiger partial charge on any atom is 0.227 e. The summed E-state index contributed by atoms with van der Waals surface area (Å²) in [6.07, 6.45) is 5.01. The molecule has 2 unspecified atom stereocenters. The lowest BCUT2D eigenvalue weighted by molar-refractivity contribution is -0.191. The molecule has 1 aliphatic rings. The van der Waals surface area contributed by atoms with Crippen LogP contribution >= 0.6 is 23.2 Å². The van der Waals surface area contributed by atoms with Crippen molar-refractivity contribution < 1.29 is 18.6 Å². The standard InChI is InChI=1S/C28H23Cl2N3O4/c29-21-9-10-23(24(30)13-21)28(17-33-12-11-31-18-33)35-16-22(37-28)15-34-14-19-5-7-20(8-6-19)27-32-25-3-1-2-4-26(25)36-27/h1-13,18,22H,14-17H2. The normalized spacial score (nSPS) is 19.6. The summed E-state index contributed by atoms with van der Waals surface area (Å²) in [5.74, 6) is -0.474. The molecule has 2 atom stereocenters. The summed E-state index contributed by atoms with van der Waals surface area (Å²) in [4.78, 5) is 8.68. The van der Waals surface area contributed by atoms with Gasteiger partial charge in [-0.3, -0.25) is 0 Å². The van der Waals surface area contributed by atoms with Crippen molar-refractivity contribution in [3.05, 3.63) is 107 Å². The predicted octanol–water partition coefficient (Wildman–Crippen LogP) is 6.48. The summed E-state index contributed by atoms with van der Waals surface area (Å²) < 4.78 is 26.4. The van der Waals surface area contributed by atoms with E-state index in [0.29, 0.717) is 47.9 Å². The SMILES string of the molecule is Clc1ccc(C2(Cn3ccnc3)OCC(COCc3ccc(-c4nc5ccccc5o4)cc3)O2)c(Cl)c1. The number of halogens is 2. The monoisotopic (exact) mass is 535 g/mol. The van der Waals surface area contributed by atoms with Crippen molar-refractivity contribution in [2.75, 3.05) is 13.2 Å². The molecule has 5 aromatic rings. The van der Waals surface area contributed by atoms with E-state index in [9.17, 15) is 0 Å². The second-order valence-electron chi connectivity index (χ2n) is 8.86. The Kier molecular flexibility index (Phi) is 6.71. The molecule has 188 valence electrons. The van der Waals surface area contributed by atoms with Gasteiger partial charge in [0.1, 0.15) is 11.6 Å². The smallest absolute Gasteiger partial charge is 0.227 e. The average molecular weight is 536 g/mol. The minimum atomic E-state index is -1.07. The van der Waals surface area contributed by atoms with Gasteiger partial charge in [-0.1, -0.05) is 53.5 Å². The first-order valence-corrected chi connectivity index (χ1v) is 12.6. The van der Waals surface area contributed by atoms with Crippen LogP contribution in [-0.4, -0.2) is 33.9 Å². The van der Waals surface area contributed by atoms with Crippen molar-refractivity contribution in [1.29, 1.82) is 0 Å². The van der Waals surface area contributed by atoms with Crippen LogP contribution in [0.2, 0.25) is 10.0 Å². The van der Waals surface area contributed by atoms with Gasteiger partial charge >= 0.3 is 0 Å². The molecule has 0 N–H and O–H groups in total. The van der Waals surface area contributed by atoms with Gasteiger partial charge in [-0.2, -0.15) is 0 Å². The molecule has 1 fully saturated rings. The van der Waals surface area contributed by atoms with E-state index in [1.807, 2.05) is 65.4 Å². The third-order valence-electron chi connectivity index (χ3n) is 6.22. The molecule has 0 spiro atoms. The molecule has 0 saturated carbocycles. The Hall–Kier alpha value is -3.20. The number of aromatic nitrogens is 3. The first-order chi connectivity index (χ1) is 18.1. The maximum atomic E-state index is 6.54. The molecule has 0 aliphatic carbocycles. The van der Waals surface area contributed by atoms with Crippen molar-refractivity contribution in [2.24, 2.45) is 0 Å². The summed E-state index contributed by atoms with van der Waals surface area (Å²) in [7, 11) is 0. The third kappa shape index (κ3) is 5.14. The maximum absolute atomic E-state index is 6.54. The second-order valence-corrected chi connectivity index (χ2v) is 9.71. The first-order valence-electron chi connectivity index (χ1n) is 11.8. The highest BCUT2D eigenvalue weighted by atomic mass is 35.5. The van der Waals surface area contributed by atoms with Gasteiger partial charge in [-0.25, -0.2) is 9.97 Å². The lowest BCUT2D eigenvalue weighted by Crippen LogP contribution is -2.34. The molecule has 3 heterocycles. The number of para-hydroxylation sites is 2. The number of ether oxygens (including phenoxy) is 3. The Labute approximate surface area is 223 Å². The summed E-state index contributed by atoms with van der Waals surface area (Å²) >= 11 is 12.7. The largest absolute Gasteiger partial charge is 0.436 e. The van der Waals surface area contributed by atoms with Crippen molar-refractivity contribution >= 4 is 34.3 Å². The highest BCUT2D eigenvalue weighted by Crippen LogP contribution is 2.40. The van der Waals surface area contributed by atoms with E-state index in [1.165, 1.54) is 0 Å². The number of oxazole rings is 1. The summed E-state index contributed by atoms with van der Waals surface area (Å²) in [5, 5.41) is 1.03. The molecule has 37 heavy (non-hydrogen) atoms. The molecule has 0 bridgehead atoms. The van der Waals surface area contributed by atoms with Crippen LogP contribution < -0.4 is 0 Å². The predicted molar refractivity (Wildman–Crippen MR) is 140 cm³/mol. The molecule has 7 nitrogen and oxygen atoms in total. The number of fused-ring (bicyclic) bond motifs is 1. The van der Waals surface area contributed by atoms with Crippen molar-refractivity contribution in [1.82, 2.24) is 14.5 Å². The second kappa shape index (κ2) is 10.3.